The SMILES string of the molecule is CC1CCNC(C2CCC2)C(C)S1. The molecule has 0 bridgehead atoms. The zero-order valence-corrected chi connectivity index (χ0v) is 9.57. The zero-order chi connectivity index (χ0) is 9.26. The van der Waals surface area contributed by atoms with Crippen LogP contribution in [-0.4, -0.2) is 23.1 Å². The highest BCUT2D eigenvalue weighted by atomic mass is 32.2. The van der Waals surface area contributed by atoms with Crippen LogP contribution in [-0.2, 0) is 0 Å². The summed E-state index contributed by atoms with van der Waals surface area (Å²) in [6, 6.07) is 0.809. The summed E-state index contributed by atoms with van der Waals surface area (Å²) in [6.45, 7) is 6.01. The topological polar surface area (TPSA) is 12.0 Å². The molecule has 3 unspecified atom stereocenters. The van der Waals surface area contributed by atoms with Crippen LogP contribution in [0.3, 0.4) is 0 Å². The van der Waals surface area contributed by atoms with Gasteiger partial charge in [0, 0.05) is 16.5 Å². The molecule has 1 aliphatic carbocycles. The van der Waals surface area contributed by atoms with Gasteiger partial charge in [-0.2, -0.15) is 11.8 Å². The van der Waals surface area contributed by atoms with E-state index in [9.17, 15) is 0 Å². The van der Waals surface area contributed by atoms with Gasteiger partial charge in [0.05, 0.1) is 0 Å². The van der Waals surface area contributed by atoms with Gasteiger partial charge in [-0.15, -0.1) is 0 Å². The summed E-state index contributed by atoms with van der Waals surface area (Å²) in [4.78, 5) is 0. The Bertz CT molecular complexity index is 167. The van der Waals surface area contributed by atoms with Crippen molar-refractivity contribution in [2.45, 2.75) is 56.1 Å². The monoisotopic (exact) mass is 199 g/mol. The van der Waals surface area contributed by atoms with Gasteiger partial charge in [-0.1, -0.05) is 20.3 Å². The lowest BCUT2D eigenvalue weighted by atomic mass is 9.78. The maximum Gasteiger partial charge on any atom is 0.0212 e. The maximum atomic E-state index is 3.74. The Morgan fingerprint density at radius 1 is 1.15 bits per heavy atom. The van der Waals surface area contributed by atoms with Crippen molar-refractivity contribution < 1.29 is 0 Å². The summed E-state index contributed by atoms with van der Waals surface area (Å²) in [5.74, 6) is 0.993. The van der Waals surface area contributed by atoms with Gasteiger partial charge in [0.2, 0.25) is 0 Å². The summed E-state index contributed by atoms with van der Waals surface area (Å²) in [5, 5.41) is 5.42. The summed E-state index contributed by atoms with van der Waals surface area (Å²) >= 11 is 2.19. The van der Waals surface area contributed by atoms with Gasteiger partial charge < -0.3 is 5.32 Å². The van der Waals surface area contributed by atoms with E-state index in [2.05, 4.69) is 30.9 Å². The highest BCUT2D eigenvalue weighted by Crippen LogP contribution is 2.36. The number of thioether (sulfide) groups is 1. The number of nitrogens with one attached hydrogen (secondary N) is 1. The van der Waals surface area contributed by atoms with Crippen molar-refractivity contribution in [3.05, 3.63) is 0 Å². The van der Waals surface area contributed by atoms with E-state index in [0.717, 1.165) is 22.5 Å². The third-order valence-corrected chi connectivity index (χ3v) is 4.96. The van der Waals surface area contributed by atoms with Crippen LogP contribution in [0.4, 0.5) is 0 Å². The number of rotatable bonds is 1. The summed E-state index contributed by atoms with van der Waals surface area (Å²) < 4.78 is 0. The first-order valence-electron chi connectivity index (χ1n) is 5.66. The van der Waals surface area contributed by atoms with Crippen molar-refractivity contribution in [3.63, 3.8) is 0 Å². The maximum absolute atomic E-state index is 3.74. The Kier molecular flexibility index (Phi) is 3.20. The van der Waals surface area contributed by atoms with Gasteiger partial charge in [-0.25, -0.2) is 0 Å². The standard InChI is InChI=1S/C11H21NS/c1-8-6-7-12-11(9(2)13-8)10-4-3-5-10/h8-12H,3-7H2,1-2H3. The van der Waals surface area contributed by atoms with Crippen LogP contribution >= 0.6 is 11.8 Å². The Morgan fingerprint density at radius 3 is 2.54 bits per heavy atom. The fourth-order valence-electron chi connectivity index (χ4n) is 2.49. The molecule has 2 aliphatic rings. The minimum absolute atomic E-state index is 0.809. The number of hydrogen-bond donors (Lipinski definition) is 1. The van der Waals surface area contributed by atoms with Crippen LogP contribution in [0.2, 0.25) is 0 Å². The van der Waals surface area contributed by atoms with E-state index in [4.69, 9.17) is 0 Å². The highest BCUT2D eigenvalue weighted by molar-refractivity contribution is 8.00. The van der Waals surface area contributed by atoms with Crippen LogP contribution in [0, 0.1) is 5.92 Å². The fraction of sp³-hybridized carbons (Fsp3) is 1.00. The van der Waals surface area contributed by atoms with E-state index >= 15 is 0 Å². The molecule has 2 rings (SSSR count). The normalized spacial score (nSPS) is 42.5. The van der Waals surface area contributed by atoms with Gasteiger partial charge in [0.1, 0.15) is 0 Å². The Morgan fingerprint density at radius 2 is 1.92 bits per heavy atom. The molecule has 1 N–H and O–H groups in total. The van der Waals surface area contributed by atoms with E-state index in [0.29, 0.717) is 0 Å². The van der Waals surface area contributed by atoms with Gasteiger partial charge in [0.25, 0.3) is 0 Å². The molecule has 76 valence electrons. The van der Waals surface area contributed by atoms with E-state index in [-0.39, 0.29) is 0 Å². The highest BCUT2D eigenvalue weighted by Gasteiger charge is 2.33. The largest absolute Gasteiger partial charge is 0.313 e. The van der Waals surface area contributed by atoms with E-state index < -0.39 is 0 Å². The minimum Gasteiger partial charge on any atom is -0.313 e. The average molecular weight is 199 g/mol. The first-order chi connectivity index (χ1) is 6.27. The molecule has 2 heteroatoms. The molecule has 1 saturated carbocycles. The van der Waals surface area contributed by atoms with E-state index in [1.54, 1.807) is 0 Å². The van der Waals surface area contributed by atoms with Crippen molar-refractivity contribution in [1.29, 1.82) is 0 Å². The lowest BCUT2D eigenvalue weighted by molar-refractivity contribution is 0.230. The van der Waals surface area contributed by atoms with Gasteiger partial charge >= 0.3 is 0 Å². The summed E-state index contributed by atoms with van der Waals surface area (Å²) in [6.07, 6.45) is 5.75. The second-order valence-corrected chi connectivity index (χ2v) is 6.43. The van der Waals surface area contributed by atoms with Gasteiger partial charge in [0.15, 0.2) is 0 Å². The molecule has 0 spiro atoms. The zero-order valence-electron chi connectivity index (χ0n) is 8.75. The van der Waals surface area contributed by atoms with Crippen LogP contribution in [0.25, 0.3) is 0 Å². The molecular formula is C11H21NS. The second kappa shape index (κ2) is 4.22. The molecule has 0 amide bonds. The molecule has 13 heavy (non-hydrogen) atoms. The molecule has 0 aromatic carbocycles. The predicted molar refractivity (Wildman–Crippen MR) is 60.3 cm³/mol. The molecule has 1 aliphatic heterocycles. The Hall–Kier alpha value is 0.310. The van der Waals surface area contributed by atoms with Crippen molar-refractivity contribution in [3.8, 4) is 0 Å². The van der Waals surface area contributed by atoms with Crippen LogP contribution in [0.15, 0.2) is 0 Å². The smallest absolute Gasteiger partial charge is 0.0212 e. The summed E-state index contributed by atoms with van der Waals surface area (Å²) in [5.41, 5.74) is 0. The van der Waals surface area contributed by atoms with E-state index in [1.165, 1.54) is 32.2 Å². The lowest BCUT2D eigenvalue weighted by Crippen LogP contribution is -2.44. The minimum atomic E-state index is 0.809. The third-order valence-electron chi connectivity index (χ3n) is 3.54. The molecule has 0 aromatic heterocycles. The molecule has 1 saturated heterocycles. The van der Waals surface area contributed by atoms with Crippen molar-refractivity contribution in [2.24, 2.45) is 5.92 Å². The van der Waals surface area contributed by atoms with Crippen LogP contribution in [0.1, 0.15) is 39.5 Å². The fourth-order valence-corrected chi connectivity index (χ4v) is 3.96. The molecule has 0 radical (unpaired) electrons. The lowest BCUT2D eigenvalue weighted by Gasteiger charge is -2.36. The molecule has 0 aromatic rings. The van der Waals surface area contributed by atoms with Crippen molar-refractivity contribution in [2.75, 3.05) is 6.54 Å². The number of hydrogen-bond acceptors (Lipinski definition) is 2. The van der Waals surface area contributed by atoms with Gasteiger partial charge in [-0.05, 0) is 31.7 Å². The molecule has 1 heterocycles. The molecule has 1 nitrogen and oxygen atoms in total. The first kappa shape index (κ1) is 9.85. The molecular weight excluding hydrogens is 178 g/mol. The Balaban J connectivity index is 1.92. The van der Waals surface area contributed by atoms with E-state index in [1.807, 2.05) is 0 Å². The van der Waals surface area contributed by atoms with Gasteiger partial charge in [-0.3, -0.25) is 0 Å². The first-order valence-corrected chi connectivity index (χ1v) is 6.60. The summed E-state index contributed by atoms with van der Waals surface area (Å²) in [7, 11) is 0. The van der Waals surface area contributed by atoms with Crippen LogP contribution < -0.4 is 5.32 Å². The quantitative estimate of drug-likeness (QED) is 0.697. The second-order valence-electron chi connectivity index (χ2n) is 4.61. The third kappa shape index (κ3) is 2.21. The molecule has 3 atom stereocenters. The molecule has 2 fully saturated rings. The van der Waals surface area contributed by atoms with Crippen molar-refractivity contribution in [1.82, 2.24) is 5.32 Å². The van der Waals surface area contributed by atoms with Crippen molar-refractivity contribution >= 4 is 11.8 Å². The predicted octanol–water partition coefficient (Wildman–Crippen LogP) is 2.66. The Labute approximate surface area is 86.0 Å². The van der Waals surface area contributed by atoms with Crippen LogP contribution in [0.5, 0.6) is 0 Å². The average Bonchev–Trinajstić information content (AvgIpc) is 2.11.